The van der Waals surface area contributed by atoms with Crippen LogP contribution in [0.4, 0.5) is 0 Å². The average Bonchev–Trinajstić information content (AvgIpc) is 2.00. The van der Waals surface area contributed by atoms with Crippen LogP contribution in [0.2, 0.25) is 0 Å². The van der Waals surface area contributed by atoms with Crippen LogP contribution in [0.25, 0.3) is 0 Å². The first-order chi connectivity index (χ1) is 5.65. The largest absolute Gasteiger partial charge is 0.425 e. The van der Waals surface area contributed by atoms with Crippen LogP contribution in [0.5, 0.6) is 0 Å². The fourth-order valence-corrected chi connectivity index (χ4v) is 1.26. The van der Waals surface area contributed by atoms with Gasteiger partial charge in [-0.1, -0.05) is 37.0 Å². The van der Waals surface area contributed by atoms with Gasteiger partial charge in [0.15, 0.2) is 0 Å². The molecule has 70 valence electrons. The fraction of sp³-hybridized carbons (Fsp3) is 0.300. The van der Waals surface area contributed by atoms with Crippen molar-refractivity contribution in [1.29, 1.82) is 0 Å². The molecule has 3 heteroatoms. The summed E-state index contributed by atoms with van der Waals surface area (Å²) in [6.45, 7) is 7.27. The zero-order valence-corrected chi connectivity index (χ0v) is 11.6. The molecule has 0 radical (unpaired) electrons. The maximum atomic E-state index is 9.35. The molecule has 0 spiro atoms. The van der Waals surface area contributed by atoms with Crippen molar-refractivity contribution < 1.29 is 41.3 Å². The van der Waals surface area contributed by atoms with Crippen LogP contribution < -0.4 is 0 Å². The Morgan fingerprint density at radius 2 is 2.08 bits per heavy atom. The van der Waals surface area contributed by atoms with Crippen LogP contribution in [-0.4, -0.2) is 22.4 Å². The second kappa shape index (κ2) is 5.82. The molecule has 1 fully saturated rings. The molecule has 0 bridgehead atoms. The van der Waals surface area contributed by atoms with Gasteiger partial charge in [0.1, 0.15) is 0 Å². The zero-order valence-electron chi connectivity index (χ0n) is 7.40. The molecule has 0 aromatic heterocycles. The Balaban J connectivity index is 0.00000144. The predicted molar refractivity (Wildman–Crippen MR) is 48.4 cm³/mol. The van der Waals surface area contributed by atoms with E-state index in [1.807, 2.05) is 0 Å². The smallest absolute Gasteiger partial charge is 0 e. The molecule has 2 atom stereocenters. The number of rotatable bonds is 1. The molecule has 0 aliphatic heterocycles. The molecule has 2 N–H and O–H groups in total. The summed E-state index contributed by atoms with van der Waals surface area (Å²) in [5.41, 5.74) is 1.52. The third-order valence-corrected chi connectivity index (χ3v) is 1.92. The van der Waals surface area contributed by atoms with Gasteiger partial charge in [0, 0.05) is 31.1 Å². The van der Waals surface area contributed by atoms with Crippen molar-refractivity contribution in [2.45, 2.75) is 18.6 Å². The summed E-state index contributed by atoms with van der Waals surface area (Å²) >= 11 is 0. The SMILES string of the molecule is C=C/C=C1/C[C@@H](O)[CH-][C@H](O)C1=C.[U]. The summed E-state index contributed by atoms with van der Waals surface area (Å²) in [6.07, 6.45) is 4.09. The summed E-state index contributed by atoms with van der Waals surface area (Å²) in [6, 6.07) is 0. The van der Waals surface area contributed by atoms with Gasteiger partial charge >= 0.3 is 0 Å². The molecular weight excluding hydrogens is 390 g/mol. The van der Waals surface area contributed by atoms with Gasteiger partial charge in [0.05, 0.1) is 0 Å². The van der Waals surface area contributed by atoms with Gasteiger partial charge in [-0.25, -0.2) is 0 Å². The molecule has 0 amide bonds. The van der Waals surface area contributed by atoms with E-state index in [9.17, 15) is 10.2 Å². The van der Waals surface area contributed by atoms with Crippen LogP contribution in [0.1, 0.15) is 6.42 Å². The summed E-state index contributed by atoms with van der Waals surface area (Å²) in [7, 11) is 0. The quantitative estimate of drug-likeness (QED) is 0.642. The summed E-state index contributed by atoms with van der Waals surface area (Å²) < 4.78 is 0. The Hall–Kier alpha value is 0.192. The Bertz CT molecular complexity index is 233. The van der Waals surface area contributed by atoms with Crippen molar-refractivity contribution in [3.63, 3.8) is 0 Å². The normalized spacial score (nSPS) is 31.2. The van der Waals surface area contributed by atoms with Gasteiger partial charge in [0.2, 0.25) is 0 Å². The maximum Gasteiger partial charge on any atom is 0 e. The molecule has 1 saturated carbocycles. The second-order valence-corrected chi connectivity index (χ2v) is 2.86. The third-order valence-electron chi connectivity index (χ3n) is 1.92. The van der Waals surface area contributed by atoms with Crippen molar-refractivity contribution in [2.75, 3.05) is 0 Å². The van der Waals surface area contributed by atoms with Crippen LogP contribution in [-0.2, 0) is 0 Å². The fourth-order valence-electron chi connectivity index (χ4n) is 1.26. The minimum absolute atomic E-state index is 0. The van der Waals surface area contributed by atoms with Crippen LogP contribution in [0.15, 0.2) is 36.5 Å². The molecule has 0 aromatic carbocycles. The molecule has 0 unspecified atom stereocenters. The van der Waals surface area contributed by atoms with Crippen molar-refractivity contribution in [3.05, 3.63) is 42.9 Å². The Kier molecular flexibility index (Phi) is 5.91. The standard InChI is InChI=1S/C10H13O2.U/c1-3-4-8-5-9(11)6-10(12)7(8)2;/h3-4,6,9-12H,1-2,5H2;/q-1;/b8-4-;/t9-,10+;/m1./s1. The molecule has 0 aromatic rings. The van der Waals surface area contributed by atoms with E-state index in [0.29, 0.717) is 12.0 Å². The van der Waals surface area contributed by atoms with E-state index >= 15 is 0 Å². The molecule has 1 aliphatic rings. The van der Waals surface area contributed by atoms with Gasteiger partial charge in [-0.2, -0.15) is 0 Å². The van der Waals surface area contributed by atoms with Gasteiger partial charge in [-0.05, 0) is 18.1 Å². The summed E-state index contributed by atoms with van der Waals surface area (Å²) in [4.78, 5) is 0. The van der Waals surface area contributed by atoms with Gasteiger partial charge in [-0.3, -0.25) is 6.42 Å². The Labute approximate surface area is 102 Å². The maximum absolute atomic E-state index is 9.35. The van der Waals surface area contributed by atoms with Crippen molar-refractivity contribution >= 4 is 0 Å². The third kappa shape index (κ3) is 3.44. The van der Waals surface area contributed by atoms with E-state index in [2.05, 4.69) is 13.2 Å². The first-order valence-electron chi connectivity index (χ1n) is 3.87. The zero-order chi connectivity index (χ0) is 9.14. The number of allylic oxidation sites excluding steroid dienone is 2. The molecule has 13 heavy (non-hydrogen) atoms. The van der Waals surface area contributed by atoms with E-state index in [0.717, 1.165) is 5.57 Å². The molecular formula is C10H13O2U-. The molecule has 1 rings (SSSR count). The Morgan fingerprint density at radius 3 is 2.62 bits per heavy atom. The first kappa shape index (κ1) is 13.2. The number of hydrogen-bond acceptors (Lipinski definition) is 2. The Morgan fingerprint density at radius 1 is 1.46 bits per heavy atom. The first-order valence-corrected chi connectivity index (χ1v) is 3.87. The summed E-state index contributed by atoms with van der Waals surface area (Å²) in [5.74, 6) is 0. The van der Waals surface area contributed by atoms with E-state index in [4.69, 9.17) is 0 Å². The van der Waals surface area contributed by atoms with Crippen LogP contribution >= 0.6 is 0 Å². The molecule has 2 nitrogen and oxygen atoms in total. The monoisotopic (exact) mass is 403 g/mol. The van der Waals surface area contributed by atoms with Gasteiger partial charge in [0.25, 0.3) is 0 Å². The van der Waals surface area contributed by atoms with Gasteiger partial charge < -0.3 is 10.2 Å². The molecule has 1 aliphatic carbocycles. The minimum Gasteiger partial charge on any atom is -0.425 e. The predicted octanol–water partition coefficient (Wildman–Crippen LogP) is 0.985. The van der Waals surface area contributed by atoms with E-state index in [-0.39, 0.29) is 31.1 Å². The number of aliphatic hydroxyl groups is 2. The van der Waals surface area contributed by atoms with Crippen LogP contribution in [0, 0.1) is 37.5 Å². The van der Waals surface area contributed by atoms with E-state index < -0.39 is 12.2 Å². The van der Waals surface area contributed by atoms with Crippen LogP contribution in [0.3, 0.4) is 0 Å². The topological polar surface area (TPSA) is 40.5 Å². The second-order valence-electron chi connectivity index (χ2n) is 2.86. The van der Waals surface area contributed by atoms with Crippen molar-refractivity contribution in [1.82, 2.24) is 0 Å². The van der Waals surface area contributed by atoms with Crippen molar-refractivity contribution in [2.24, 2.45) is 0 Å². The van der Waals surface area contributed by atoms with Crippen molar-refractivity contribution in [3.8, 4) is 0 Å². The van der Waals surface area contributed by atoms with Gasteiger partial charge in [-0.15, -0.1) is 0 Å². The number of aliphatic hydroxyl groups excluding tert-OH is 2. The molecule has 0 heterocycles. The number of hydrogen-bond donors (Lipinski definition) is 2. The molecule has 0 saturated heterocycles. The van der Waals surface area contributed by atoms with E-state index in [1.165, 1.54) is 6.42 Å². The average molecular weight is 403 g/mol. The van der Waals surface area contributed by atoms with E-state index in [1.54, 1.807) is 12.2 Å². The summed E-state index contributed by atoms with van der Waals surface area (Å²) in [5, 5.41) is 18.6. The minimum atomic E-state index is -0.722.